The van der Waals surface area contributed by atoms with E-state index in [-0.39, 0.29) is 29.9 Å². The lowest BCUT2D eigenvalue weighted by atomic mass is 10.2. The molecule has 0 atom stereocenters. The summed E-state index contributed by atoms with van der Waals surface area (Å²) in [5, 5.41) is 8.69. The van der Waals surface area contributed by atoms with E-state index in [1.54, 1.807) is 20.2 Å². The van der Waals surface area contributed by atoms with E-state index >= 15 is 0 Å². The van der Waals surface area contributed by atoms with Crippen LogP contribution in [0.15, 0.2) is 29.3 Å². The van der Waals surface area contributed by atoms with Gasteiger partial charge in [-0.2, -0.15) is 0 Å². The molecule has 0 aliphatic rings. The van der Waals surface area contributed by atoms with E-state index in [0.717, 1.165) is 6.42 Å². The Labute approximate surface area is 135 Å². The van der Waals surface area contributed by atoms with Crippen molar-refractivity contribution in [1.29, 1.82) is 0 Å². The van der Waals surface area contributed by atoms with E-state index in [0.29, 0.717) is 24.6 Å². The van der Waals surface area contributed by atoms with Gasteiger partial charge in [-0.1, -0.05) is 6.07 Å². The SMILES string of the molecule is CN=C(NC)NCCCNC(=O)c1cccc(F)c1.I. The Hall–Kier alpha value is -1.38. The minimum absolute atomic E-state index is 0. The molecule has 1 amide bonds. The number of carbonyl (C=O) groups excluding carboxylic acids is 1. The van der Waals surface area contributed by atoms with Gasteiger partial charge in [0.2, 0.25) is 0 Å². The van der Waals surface area contributed by atoms with Crippen molar-refractivity contribution < 1.29 is 9.18 Å². The number of nitrogens with zero attached hydrogens (tertiary/aromatic N) is 1. The Bertz CT molecular complexity index is 454. The van der Waals surface area contributed by atoms with Gasteiger partial charge in [0.05, 0.1) is 0 Å². The number of hydrogen-bond donors (Lipinski definition) is 3. The van der Waals surface area contributed by atoms with Crippen LogP contribution in [0.3, 0.4) is 0 Å². The monoisotopic (exact) mass is 394 g/mol. The van der Waals surface area contributed by atoms with Crippen molar-refractivity contribution >= 4 is 35.8 Å². The van der Waals surface area contributed by atoms with Crippen LogP contribution in [0, 0.1) is 5.82 Å². The second kappa shape index (κ2) is 10.4. The van der Waals surface area contributed by atoms with Crippen LogP contribution in [0.2, 0.25) is 0 Å². The average Bonchev–Trinajstić information content (AvgIpc) is 2.42. The highest BCUT2D eigenvalue weighted by Crippen LogP contribution is 2.02. The van der Waals surface area contributed by atoms with Crippen LogP contribution in [0.4, 0.5) is 4.39 Å². The fourth-order valence-corrected chi connectivity index (χ4v) is 1.51. The maximum absolute atomic E-state index is 12.9. The number of hydrogen-bond acceptors (Lipinski definition) is 2. The standard InChI is InChI=1S/C13H19FN4O.HI/c1-15-13(16-2)18-8-4-7-17-12(19)10-5-3-6-11(14)9-10;/h3,5-6,9H,4,7-8H2,1-2H3,(H,17,19)(H2,15,16,18);1H. The molecule has 0 unspecified atom stereocenters. The highest BCUT2D eigenvalue weighted by atomic mass is 127. The van der Waals surface area contributed by atoms with E-state index in [9.17, 15) is 9.18 Å². The van der Waals surface area contributed by atoms with Gasteiger partial charge in [-0.05, 0) is 24.6 Å². The highest BCUT2D eigenvalue weighted by Gasteiger charge is 2.05. The Balaban J connectivity index is 0.00000361. The normalized spacial score (nSPS) is 10.4. The molecule has 0 fully saturated rings. The predicted molar refractivity (Wildman–Crippen MR) is 89.2 cm³/mol. The molecule has 0 bridgehead atoms. The first-order valence-corrected chi connectivity index (χ1v) is 6.09. The molecule has 1 aromatic rings. The lowest BCUT2D eigenvalue weighted by Crippen LogP contribution is -2.36. The summed E-state index contributed by atoms with van der Waals surface area (Å²) in [6.07, 6.45) is 0.752. The zero-order valence-electron chi connectivity index (χ0n) is 11.6. The summed E-state index contributed by atoms with van der Waals surface area (Å²) in [6, 6.07) is 5.63. The highest BCUT2D eigenvalue weighted by molar-refractivity contribution is 14.0. The molecule has 0 saturated carbocycles. The summed E-state index contributed by atoms with van der Waals surface area (Å²) in [5.74, 6) is 0.0288. The minimum Gasteiger partial charge on any atom is -0.359 e. The van der Waals surface area contributed by atoms with Crippen molar-refractivity contribution in [1.82, 2.24) is 16.0 Å². The molecule has 7 heteroatoms. The summed E-state index contributed by atoms with van der Waals surface area (Å²) in [7, 11) is 3.46. The molecular formula is C13H20FIN4O. The molecule has 0 aliphatic carbocycles. The van der Waals surface area contributed by atoms with Gasteiger partial charge in [0, 0.05) is 32.7 Å². The van der Waals surface area contributed by atoms with Crippen LogP contribution in [0.5, 0.6) is 0 Å². The molecule has 5 nitrogen and oxygen atoms in total. The molecule has 20 heavy (non-hydrogen) atoms. The summed E-state index contributed by atoms with van der Waals surface area (Å²) < 4.78 is 12.9. The summed E-state index contributed by atoms with van der Waals surface area (Å²) in [6.45, 7) is 1.21. The van der Waals surface area contributed by atoms with Gasteiger partial charge >= 0.3 is 0 Å². The summed E-state index contributed by atoms with van der Waals surface area (Å²) in [4.78, 5) is 15.6. The molecule has 0 radical (unpaired) electrons. The Kier molecular flexibility index (Phi) is 9.69. The molecule has 112 valence electrons. The minimum atomic E-state index is -0.410. The van der Waals surface area contributed by atoms with Crippen molar-refractivity contribution in [2.24, 2.45) is 4.99 Å². The van der Waals surface area contributed by atoms with Crippen molar-refractivity contribution in [2.45, 2.75) is 6.42 Å². The zero-order chi connectivity index (χ0) is 14.1. The van der Waals surface area contributed by atoms with E-state index in [1.807, 2.05) is 0 Å². The lowest BCUT2D eigenvalue weighted by Gasteiger charge is -2.09. The van der Waals surface area contributed by atoms with Crippen LogP contribution in [0.25, 0.3) is 0 Å². The Morgan fingerprint density at radius 2 is 2.00 bits per heavy atom. The van der Waals surface area contributed by atoms with Gasteiger partial charge in [-0.15, -0.1) is 24.0 Å². The number of nitrogens with one attached hydrogen (secondary N) is 3. The number of halogens is 2. The number of carbonyl (C=O) groups is 1. The van der Waals surface area contributed by atoms with Gasteiger partial charge in [0.25, 0.3) is 5.91 Å². The third kappa shape index (κ3) is 6.69. The van der Waals surface area contributed by atoms with Gasteiger partial charge in [-0.3, -0.25) is 9.79 Å². The first-order chi connectivity index (χ1) is 9.17. The molecule has 0 heterocycles. The van der Waals surface area contributed by atoms with E-state index < -0.39 is 5.82 Å². The fourth-order valence-electron chi connectivity index (χ4n) is 1.51. The maximum Gasteiger partial charge on any atom is 0.251 e. The number of benzene rings is 1. The first-order valence-electron chi connectivity index (χ1n) is 6.09. The predicted octanol–water partition coefficient (Wildman–Crippen LogP) is 1.36. The van der Waals surface area contributed by atoms with Gasteiger partial charge < -0.3 is 16.0 Å². The average molecular weight is 394 g/mol. The smallest absolute Gasteiger partial charge is 0.251 e. The molecule has 1 aromatic carbocycles. The summed E-state index contributed by atoms with van der Waals surface area (Å²) in [5.41, 5.74) is 0.332. The third-order valence-corrected chi connectivity index (χ3v) is 2.48. The van der Waals surface area contributed by atoms with Crippen LogP contribution >= 0.6 is 24.0 Å². The van der Waals surface area contributed by atoms with Crippen LogP contribution in [0.1, 0.15) is 16.8 Å². The lowest BCUT2D eigenvalue weighted by molar-refractivity contribution is 0.0953. The molecule has 3 N–H and O–H groups in total. The maximum atomic E-state index is 12.9. The zero-order valence-corrected chi connectivity index (χ0v) is 13.9. The second-order valence-electron chi connectivity index (χ2n) is 3.87. The molecule has 1 rings (SSSR count). The Morgan fingerprint density at radius 3 is 2.60 bits per heavy atom. The molecule has 0 spiro atoms. The van der Waals surface area contributed by atoms with E-state index in [1.165, 1.54) is 18.2 Å². The van der Waals surface area contributed by atoms with E-state index in [2.05, 4.69) is 20.9 Å². The van der Waals surface area contributed by atoms with Crippen molar-refractivity contribution in [2.75, 3.05) is 27.2 Å². The molecule has 0 aliphatic heterocycles. The Morgan fingerprint density at radius 1 is 1.30 bits per heavy atom. The molecule has 0 saturated heterocycles. The third-order valence-electron chi connectivity index (χ3n) is 2.48. The molecule has 0 aromatic heterocycles. The van der Waals surface area contributed by atoms with Gasteiger partial charge in [0.1, 0.15) is 5.82 Å². The first kappa shape index (κ1) is 18.6. The van der Waals surface area contributed by atoms with Crippen molar-refractivity contribution in [3.05, 3.63) is 35.6 Å². The van der Waals surface area contributed by atoms with Gasteiger partial charge in [-0.25, -0.2) is 4.39 Å². The number of amides is 1. The van der Waals surface area contributed by atoms with Crippen molar-refractivity contribution in [3.8, 4) is 0 Å². The van der Waals surface area contributed by atoms with E-state index in [4.69, 9.17) is 0 Å². The number of rotatable bonds is 5. The van der Waals surface area contributed by atoms with Crippen LogP contribution in [-0.2, 0) is 0 Å². The largest absolute Gasteiger partial charge is 0.359 e. The number of guanidine groups is 1. The quantitative estimate of drug-likeness (QED) is 0.306. The van der Waals surface area contributed by atoms with Crippen LogP contribution < -0.4 is 16.0 Å². The van der Waals surface area contributed by atoms with Gasteiger partial charge in [0.15, 0.2) is 5.96 Å². The second-order valence-corrected chi connectivity index (χ2v) is 3.87. The molecular weight excluding hydrogens is 374 g/mol. The topological polar surface area (TPSA) is 65.5 Å². The fraction of sp³-hybridized carbons (Fsp3) is 0.385. The summed E-state index contributed by atoms with van der Waals surface area (Å²) >= 11 is 0. The van der Waals surface area contributed by atoms with Crippen LogP contribution in [-0.4, -0.2) is 39.1 Å². The van der Waals surface area contributed by atoms with Crippen molar-refractivity contribution in [3.63, 3.8) is 0 Å². The number of aliphatic imine (C=N–C) groups is 1.